The van der Waals surface area contributed by atoms with E-state index in [0.29, 0.717) is 5.92 Å². The van der Waals surface area contributed by atoms with E-state index in [2.05, 4.69) is 20.4 Å². The first kappa shape index (κ1) is 17.8. The van der Waals surface area contributed by atoms with E-state index in [1.165, 1.54) is 12.3 Å². The van der Waals surface area contributed by atoms with Crippen LogP contribution in [0.4, 0.5) is 18.9 Å². The van der Waals surface area contributed by atoms with Gasteiger partial charge in [-0.3, -0.25) is 0 Å². The van der Waals surface area contributed by atoms with E-state index >= 15 is 0 Å². The molecule has 0 aliphatic heterocycles. The molecule has 0 radical (unpaired) electrons. The lowest BCUT2D eigenvalue weighted by molar-refractivity contribution is 0.146. The summed E-state index contributed by atoms with van der Waals surface area (Å²) in [5.74, 6) is -0.434. The van der Waals surface area contributed by atoms with E-state index in [4.69, 9.17) is 10.3 Å². The first-order valence-electron chi connectivity index (χ1n) is 7.92. The molecule has 0 unspecified atom stereocenters. The molecule has 6 nitrogen and oxygen atoms in total. The SMILES string of the molecule is N=N/C(=C\Nc1ccc(F)c(C(F)F)c1)COc1ncc(C2CC2)cn1. The van der Waals surface area contributed by atoms with Gasteiger partial charge in [-0.1, -0.05) is 0 Å². The summed E-state index contributed by atoms with van der Waals surface area (Å²) in [6, 6.07) is 3.41. The van der Waals surface area contributed by atoms with Crippen molar-refractivity contribution in [2.24, 2.45) is 5.11 Å². The molecule has 3 rings (SSSR count). The molecule has 1 saturated carbocycles. The zero-order valence-corrected chi connectivity index (χ0v) is 13.6. The monoisotopic (exact) mass is 363 g/mol. The third kappa shape index (κ3) is 4.56. The molecule has 26 heavy (non-hydrogen) atoms. The number of anilines is 1. The number of alkyl halides is 2. The highest BCUT2D eigenvalue weighted by atomic mass is 19.3. The molecule has 0 spiro atoms. The Morgan fingerprint density at radius 3 is 2.69 bits per heavy atom. The largest absolute Gasteiger partial charge is 0.457 e. The summed E-state index contributed by atoms with van der Waals surface area (Å²) < 4.78 is 44.0. The minimum absolute atomic E-state index is 0.0812. The summed E-state index contributed by atoms with van der Waals surface area (Å²) >= 11 is 0. The maximum atomic E-state index is 13.3. The maximum absolute atomic E-state index is 13.3. The second kappa shape index (κ2) is 7.94. The van der Waals surface area contributed by atoms with Crippen molar-refractivity contribution in [2.75, 3.05) is 11.9 Å². The number of benzene rings is 1. The molecule has 1 fully saturated rings. The molecule has 1 heterocycles. The smallest absolute Gasteiger partial charge is 0.316 e. The Morgan fingerprint density at radius 2 is 2.08 bits per heavy atom. The highest BCUT2D eigenvalue weighted by molar-refractivity contribution is 5.49. The fourth-order valence-electron chi connectivity index (χ4n) is 2.24. The normalized spacial score (nSPS) is 14.4. The highest BCUT2D eigenvalue weighted by Gasteiger charge is 2.24. The Morgan fingerprint density at radius 1 is 1.35 bits per heavy atom. The van der Waals surface area contributed by atoms with Crippen molar-refractivity contribution < 1.29 is 17.9 Å². The number of ether oxygens (including phenoxy) is 1. The maximum Gasteiger partial charge on any atom is 0.316 e. The van der Waals surface area contributed by atoms with E-state index in [-0.39, 0.29) is 24.0 Å². The summed E-state index contributed by atoms with van der Waals surface area (Å²) in [6.45, 7) is -0.0812. The lowest BCUT2D eigenvalue weighted by Crippen LogP contribution is -2.05. The third-order valence-corrected chi connectivity index (χ3v) is 3.83. The van der Waals surface area contributed by atoms with Crippen molar-refractivity contribution in [3.05, 3.63) is 59.4 Å². The molecule has 0 amide bonds. The van der Waals surface area contributed by atoms with E-state index in [1.54, 1.807) is 12.4 Å². The van der Waals surface area contributed by atoms with E-state index < -0.39 is 17.8 Å². The molecule has 9 heteroatoms. The van der Waals surface area contributed by atoms with Crippen molar-refractivity contribution in [1.29, 1.82) is 5.53 Å². The van der Waals surface area contributed by atoms with Crippen LogP contribution in [-0.4, -0.2) is 16.6 Å². The molecular weight excluding hydrogens is 347 g/mol. The number of hydrogen-bond acceptors (Lipinski definition) is 6. The van der Waals surface area contributed by atoms with Crippen LogP contribution in [-0.2, 0) is 0 Å². The Labute approximate surface area is 147 Å². The lowest BCUT2D eigenvalue weighted by Gasteiger charge is -2.08. The summed E-state index contributed by atoms with van der Waals surface area (Å²) in [4.78, 5) is 8.19. The fraction of sp³-hybridized carbons (Fsp3) is 0.294. The van der Waals surface area contributed by atoms with Crippen LogP contribution in [0.5, 0.6) is 6.01 Å². The zero-order valence-electron chi connectivity index (χ0n) is 13.6. The molecule has 0 atom stereocenters. The molecule has 1 aliphatic rings. The van der Waals surface area contributed by atoms with Gasteiger partial charge in [0.05, 0.1) is 5.56 Å². The Hall–Kier alpha value is -2.97. The van der Waals surface area contributed by atoms with Crippen molar-refractivity contribution in [3.63, 3.8) is 0 Å². The van der Waals surface area contributed by atoms with E-state index in [9.17, 15) is 13.2 Å². The number of rotatable bonds is 8. The molecule has 136 valence electrons. The van der Waals surface area contributed by atoms with Gasteiger partial charge in [0.1, 0.15) is 18.1 Å². The molecule has 1 aromatic heterocycles. The van der Waals surface area contributed by atoms with Crippen LogP contribution in [0.25, 0.3) is 0 Å². The second-order valence-electron chi connectivity index (χ2n) is 5.79. The van der Waals surface area contributed by atoms with Gasteiger partial charge in [-0.15, -0.1) is 0 Å². The molecule has 2 N–H and O–H groups in total. The number of aromatic nitrogens is 2. The van der Waals surface area contributed by atoms with Crippen LogP contribution < -0.4 is 10.1 Å². The van der Waals surface area contributed by atoms with Gasteiger partial charge in [-0.05, 0) is 42.5 Å². The van der Waals surface area contributed by atoms with Crippen LogP contribution in [0.3, 0.4) is 0 Å². The minimum atomic E-state index is -2.92. The van der Waals surface area contributed by atoms with Gasteiger partial charge in [0.15, 0.2) is 0 Å². The van der Waals surface area contributed by atoms with Crippen LogP contribution >= 0.6 is 0 Å². The fourth-order valence-corrected chi connectivity index (χ4v) is 2.24. The summed E-state index contributed by atoms with van der Waals surface area (Å²) in [5.41, 5.74) is 7.95. The number of hydrogen-bond donors (Lipinski definition) is 2. The van der Waals surface area contributed by atoms with Gasteiger partial charge in [0.25, 0.3) is 6.43 Å². The average molecular weight is 363 g/mol. The molecule has 2 aromatic rings. The molecular formula is C17H16F3N5O. The van der Waals surface area contributed by atoms with Crippen molar-refractivity contribution >= 4 is 5.69 Å². The molecule has 0 bridgehead atoms. The molecule has 1 aliphatic carbocycles. The second-order valence-corrected chi connectivity index (χ2v) is 5.79. The summed E-state index contributed by atoms with van der Waals surface area (Å²) in [5, 5.41) is 5.99. The zero-order chi connectivity index (χ0) is 18.5. The van der Waals surface area contributed by atoms with Crippen LogP contribution in [0.2, 0.25) is 0 Å². The standard InChI is InChI=1S/C17H16F3N5O/c18-15-4-3-12(5-14(15)16(19)20)22-8-13(25-21)9-26-17-23-6-11(7-24-17)10-1-2-10/h3-8,10,16,21-22H,1-2,9H2/b13-8-,25-21?. The first-order valence-corrected chi connectivity index (χ1v) is 7.92. The van der Waals surface area contributed by atoms with Crippen molar-refractivity contribution in [1.82, 2.24) is 9.97 Å². The Balaban J connectivity index is 1.59. The first-order chi connectivity index (χ1) is 12.6. The number of nitrogens with one attached hydrogen (secondary N) is 2. The summed E-state index contributed by atoms with van der Waals surface area (Å²) in [7, 11) is 0. The van der Waals surface area contributed by atoms with Crippen molar-refractivity contribution in [2.45, 2.75) is 25.2 Å². The van der Waals surface area contributed by atoms with Crippen LogP contribution in [0.1, 0.15) is 36.3 Å². The van der Waals surface area contributed by atoms with Gasteiger partial charge >= 0.3 is 6.01 Å². The van der Waals surface area contributed by atoms with Gasteiger partial charge in [-0.2, -0.15) is 5.11 Å². The topological polar surface area (TPSA) is 83.2 Å². The van der Waals surface area contributed by atoms with E-state index in [1.807, 2.05) is 0 Å². The third-order valence-electron chi connectivity index (χ3n) is 3.83. The summed E-state index contributed by atoms with van der Waals surface area (Å²) in [6.07, 6.45) is 4.12. The molecule has 0 saturated heterocycles. The predicted molar refractivity (Wildman–Crippen MR) is 87.7 cm³/mol. The quantitative estimate of drug-likeness (QED) is 0.660. The van der Waals surface area contributed by atoms with Gasteiger partial charge in [-0.25, -0.2) is 28.7 Å². The Bertz CT molecular complexity index is 807. The van der Waals surface area contributed by atoms with Gasteiger partial charge in [0, 0.05) is 24.3 Å². The molecule has 1 aromatic carbocycles. The van der Waals surface area contributed by atoms with E-state index in [0.717, 1.165) is 30.5 Å². The number of nitrogens with zero attached hydrogens (tertiary/aromatic N) is 3. The van der Waals surface area contributed by atoms with Crippen LogP contribution in [0, 0.1) is 11.3 Å². The average Bonchev–Trinajstić information content (AvgIpc) is 3.48. The number of halogens is 3. The van der Waals surface area contributed by atoms with Gasteiger partial charge in [0.2, 0.25) is 0 Å². The van der Waals surface area contributed by atoms with Crippen molar-refractivity contribution in [3.8, 4) is 6.01 Å². The minimum Gasteiger partial charge on any atom is -0.457 e. The lowest BCUT2D eigenvalue weighted by atomic mass is 10.2. The predicted octanol–water partition coefficient (Wildman–Crippen LogP) is 4.79. The van der Waals surface area contributed by atoms with Crippen LogP contribution in [0.15, 0.2) is 47.6 Å². The Kier molecular flexibility index (Phi) is 5.45. The van der Waals surface area contributed by atoms with Gasteiger partial charge < -0.3 is 10.1 Å². The highest BCUT2D eigenvalue weighted by Crippen LogP contribution is 2.39.